The molecule has 0 aromatic heterocycles. The fourth-order valence-corrected chi connectivity index (χ4v) is 2.12. The van der Waals surface area contributed by atoms with E-state index >= 15 is 0 Å². The first-order valence-electron chi connectivity index (χ1n) is 5.23. The van der Waals surface area contributed by atoms with E-state index in [2.05, 4.69) is 10.6 Å². The van der Waals surface area contributed by atoms with Crippen LogP contribution < -0.4 is 10.6 Å². The molecule has 86 valence electrons. The molecule has 1 heterocycles. The zero-order valence-electron chi connectivity index (χ0n) is 8.49. The van der Waals surface area contributed by atoms with Crippen LogP contribution in [0, 0.1) is 0 Å². The van der Waals surface area contributed by atoms with E-state index in [1.54, 1.807) is 6.07 Å². The van der Waals surface area contributed by atoms with Crippen LogP contribution in [0.3, 0.4) is 0 Å². The average molecular weight is 228 g/mol. The van der Waals surface area contributed by atoms with Gasteiger partial charge in [-0.05, 0) is 25.0 Å². The van der Waals surface area contributed by atoms with Gasteiger partial charge in [-0.2, -0.15) is 13.2 Å². The zero-order valence-corrected chi connectivity index (χ0v) is 8.49. The summed E-state index contributed by atoms with van der Waals surface area (Å²) in [7, 11) is 0. The molecule has 1 aliphatic carbocycles. The van der Waals surface area contributed by atoms with E-state index in [9.17, 15) is 13.2 Å². The van der Waals surface area contributed by atoms with E-state index in [1.807, 2.05) is 0 Å². The lowest BCUT2D eigenvalue weighted by Gasteiger charge is -2.30. The molecule has 0 radical (unpaired) electrons. The van der Waals surface area contributed by atoms with Gasteiger partial charge < -0.3 is 10.6 Å². The lowest BCUT2D eigenvalue weighted by molar-refractivity contribution is -0.136. The molecular weight excluding hydrogens is 217 g/mol. The molecule has 0 atom stereocenters. The number of hydrogen-bond donors (Lipinski definition) is 2. The number of hydrogen-bond acceptors (Lipinski definition) is 2. The molecule has 1 aromatic rings. The second-order valence-corrected chi connectivity index (χ2v) is 4.48. The van der Waals surface area contributed by atoms with Crippen molar-refractivity contribution in [2.45, 2.75) is 24.6 Å². The van der Waals surface area contributed by atoms with Crippen LogP contribution in [0.1, 0.15) is 18.4 Å². The molecule has 5 heteroatoms. The van der Waals surface area contributed by atoms with Gasteiger partial charge in [-0.3, -0.25) is 0 Å². The summed E-state index contributed by atoms with van der Waals surface area (Å²) >= 11 is 0. The van der Waals surface area contributed by atoms with Crippen LogP contribution in [0.4, 0.5) is 24.5 Å². The molecule has 0 unspecified atom stereocenters. The molecule has 0 bridgehead atoms. The highest BCUT2D eigenvalue weighted by molar-refractivity contribution is 5.77. The first-order chi connectivity index (χ1) is 7.50. The van der Waals surface area contributed by atoms with E-state index < -0.39 is 11.7 Å². The zero-order chi connectivity index (χ0) is 11.4. The van der Waals surface area contributed by atoms with Gasteiger partial charge in [-0.15, -0.1) is 0 Å². The van der Waals surface area contributed by atoms with Gasteiger partial charge in [-0.1, -0.05) is 6.07 Å². The van der Waals surface area contributed by atoms with Gasteiger partial charge in [0, 0.05) is 6.54 Å². The van der Waals surface area contributed by atoms with Crippen LogP contribution in [0.2, 0.25) is 0 Å². The second kappa shape index (κ2) is 2.84. The molecular formula is C11H11F3N2. The van der Waals surface area contributed by atoms with Crippen LogP contribution >= 0.6 is 0 Å². The maximum Gasteiger partial charge on any atom is 0.418 e. The maximum absolute atomic E-state index is 12.7. The Labute approximate surface area is 90.8 Å². The Morgan fingerprint density at radius 2 is 1.94 bits per heavy atom. The van der Waals surface area contributed by atoms with E-state index in [0.717, 1.165) is 18.9 Å². The Hall–Kier alpha value is -1.39. The molecule has 1 saturated carbocycles. The Bertz CT molecular complexity index is 435. The van der Waals surface area contributed by atoms with Gasteiger partial charge in [0.1, 0.15) is 0 Å². The highest BCUT2D eigenvalue weighted by atomic mass is 19.4. The second-order valence-electron chi connectivity index (χ2n) is 4.48. The summed E-state index contributed by atoms with van der Waals surface area (Å²) < 4.78 is 38.1. The number of para-hydroxylation sites is 1. The van der Waals surface area contributed by atoms with Crippen molar-refractivity contribution >= 4 is 11.4 Å². The van der Waals surface area contributed by atoms with Crippen LogP contribution in [0.25, 0.3) is 0 Å². The summed E-state index contributed by atoms with van der Waals surface area (Å²) in [5, 5.41) is 6.11. The van der Waals surface area contributed by atoms with Gasteiger partial charge in [0.2, 0.25) is 0 Å². The summed E-state index contributed by atoms with van der Waals surface area (Å²) in [5.74, 6) is 0. The Morgan fingerprint density at radius 3 is 2.56 bits per heavy atom. The third kappa shape index (κ3) is 1.42. The van der Waals surface area contributed by atoms with Gasteiger partial charge in [-0.25, -0.2) is 0 Å². The molecule has 1 spiro atoms. The van der Waals surface area contributed by atoms with E-state index in [1.165, 1.54) is 6.07 Å². The molecule has 0 saturated heterocycles. The fraction of sp³-hybridized carbons (Fsp3) is 0.455. The number of alkyl halides is 3. The summed E-state index contributed by atoms with van der Waals surface area (Å²) in [4.78, 5) is 0. The minimum Gasteiger partial charge on any atom is -0.381 e. The van der Waals surface area contributed by atoms with Gasteiger partial charge in [0.15, 0.2) is 0 Å². The Morgan fingerprint density at radius 1 is 1.19 bits per heavy atom. The lowest BCUT2D eigenvalue weighted by Crippen LogP contribution is -2.35. The van der Waals surface area contributed by atoms with E-state index in [0.29, 0.717) is 12.2 Å². The van der Waals surface area contributed by atoms with Crippen LogP contribution in [0.5, 0.6) is 0 Å². The Balaban J connectivity index is 2.04. The van der Waals surface area contributed by atoms with Crippen LogP contribution in [0.15, 0.2) is 18.2 Å². The van der Waals surface area contributed by atoms with Crippen LogP contribution in [-0.4, -0.2) is 12.1 Å². The lowest BCUT2D eigenvalue weighted by atomic mass is 10.1. The molecule has 2 N–H and O–H groups in total. The molecule has 2 nitrogen and oxygen atoms in total. The van der Waals surface area contributed by atoms with Crippen molar-refractivity contribution in [3.63, 3.8) is 0 Å². The van der Waals surface area contributed by atoms with Crippen molar-refractivity contribution in [3.8, 4) is 0 Å². The van der Waals surface area contributed by atoms with Gasteiger partial charge in [0.05, 0.1) is 22.5 Å². The van der Waals surface area contributed by atoms with Crippen molar-refractivity contribution in [2.75, 3.05) is 17.2 Å². The molecule has 2 aliphatic rings. The van der Waals surface area contributed by atoms with Crippen LogP contribution in [-0.2, 0) is 6.18 Å². The summed E-state index contributed by atoms with van der Waals surface area (Å²) in [6.07, 6.45) is -2.25. The molecule has 16 heavy (non-hydrogen) atoms. The Kier molecular flexibility index (Phi) is 1.74. The number of nitrogens with one attached hydrogen (secondary N) is 2. The number of fused-ring (bicyclic) bond motifs is 1. The van der Waals surface area contributed by atoms with E-state index in [4.69, 9.17) is 0 Å². The number of halogens is 3. The van der Waals surface area contributed by atoms with Gasteiger partial charge in [0.25, 0.3) is 0 Å². The van der Waals surface area contributed by atoms with E-state index in [-0.39, 0.29) is 11.2 Å². The molecule has 1 aliphatic heterocycles. The van der Waals surface area contributed by atoms with Crippen molar-refractivity contribution in [1.29, 1.82) is 0 Å². The molecule has 0 amide bonds. The quantitative estimate of drug-likeness (QED) is 0.713. The monoisotopic (exact) mass is 228 g/mol. The predicted octanol–water partition coefficient (Wildman–Crippen LogP) is 3.08. The maximum atomic E-state index is 12.7. The largest absolute Gasteiger partial charge is 0.418 e. The van der Waals surface area contributed by atoms with Crippen molar-refractivity contribution < 1.29 is 13.2 Å². The topological polar surface area (TPSA) is 24.1 Å². The smallest absolute Gasteiger partial charge is 0.381 e. The minimum absolute atomic E-state index is 0.0111. The fourth-order valence-electron chi connectivity index (χ4n) is 2.12. The summed E-state index contributed by atoms with van der Waals surface area (Å²) in [5.41, 5.74) is 0.177. The minimum atomic E-state index is -4.30. The third-order valence-electron chi connectivity index (χ3n) is 3.23. The van der Waals surface area contributed by atoms with Crippen molar-refractivity contribution in [3.05, 3.63) is 23.8 Å². The van der Waals surface area contributed by atoms with Crippen molar-refractivity contribution in [1.82, 2.24) is 0 Å². The first-order valence-corrected chi connectivity index (χ1v) is 5.23. The molecule has 1 aromatic carbocycles. The average Bonchev–Trinajstić information content (AvgIpc) is 2.95. The predicted molar refractivity (Wildman–Crippen MR) is 55.5 cm³/mol. The normalized spacial score (nSPS) is 20.9. The number of anilines is 2. The number of rotatable bonds is 0. The third-order valence-corrected chi connectivity index (χ3v) is 3.23. The summed E-state index contributed by atoms with van der Waals surface area (Å²) in [6, 6.07) is 4.24. The standard InChI is InChI=1S/C11H11F3N2/c12-11(13,14)7-2-1-3-8-9(7)15-6-10(16-8)4-5-10/h1-3,15-16H,4-6H2. The van der Waals surface area contributed by atoms with Crippen molar-refractivity contribution in [2.24, 2.45) is 0 Å². The highest BCUT2D eigenvalue weighted by Gasteiger charge is 2.46. The summed E-state index contributed by atoms with van der Waals surface area (Å²) in [6.45, 7) is 0.576. The molecule has 1 fully saturated rings. The number of benzene rings is 1. The first kappa shape index (κ1) is 9.81. The SMILES string of the molecule is FC(F)(F)c1cccc2c1NCC1(CC1)N2. The molecule has 3 rings (SSSR count). The highest BCUT2D eigenvalue weighted by Crippen LogP contribution is 2.47. The van der Waals surface area contributed by atoms with Gasteiger partial charge >= 0.3 is 6.18 Å².